The fraction of sp³-hybridized carbons (Fsp3) is 0.0476. The largest absolute Gasteiger partial charge is 0.392 e. The molecule has 5 heteroatoms. The highest BCUT2D eigenvalue weighted by molar-refractivity contribution is 5.78. The molecule has 8 bridgehead atoms. The summed E-state index contributed by atoms with van der Waals surface area (Å²) in [5.41, 5.74) is 8.08. The van der Waals surface area contributed by atoms with Crippen molar-refractivity contribution in [1.82, 2.24) is 19.9 Å². The lowest BCUT2D eigenvalue weighted by Crippen LogP contribution is -1.80. The Morgan fingerprint density at radius 1 is 0.654 bits per heavy atom. The van der Waals surface area contributed by atoms with Gasteiger partial charge in [-0.15, -0.1) is 0 Å². The van der Waals surface area contributed by atoms with Gasteiger partial charge in [0.1, 0.15) is 0 Å². The van der Waals surface area contributed by atoms with Gasteiger partial charge in [-0.2, -0.15) is 0 Å². The number of fused-ring (bicyclic) bond motifs is 8. The minimum atomic E-state index is -0.0282. The first kappa shape index (κ1) is 14.9. The van der Waals surface area contributed by atoms with Crippen molar-refractivity contribution in [3.63, 3.8) is 0 Å². The number of hydrogen-bond acceptors (Lipinski definition) is 3. The summed E-state index contributed by atoms with van der Waals surface area (Å²) >= 11 is 0. The number of hydrogen-bond donors (Lipinski definition) is 3. The van der Waals surface area contributed by atoms with E-state index >= 15 is 0 Å². The van der Waals surface area contributed by atoms with Crippen LogP contribution in [0, 0.1) is 0 Å². The van der Waals surface area contributed by atoms with Crippen LogP contribution in [0.25, 0.3) is 46.4 Å². The normalized spacial score (nSPS) is 12.7. The van der Waals surface area contributed by atoms with Crippen molar-refractivity contribution in [3.8, 4) is 0 Å². The van der Waals surface area contributed by atoms with Crippen molar-refractivity contribution < 1.29 is 5.11 Å². The van der Waals surface area contributed by atoms with Gasteiger partial charge in [0, 0.05) is 27.6 Å². The van der Waals surface area contributed by atoms with Crippen molar-refractivity contribution in [2.45, 2.75) is 6.61 Å². The lowest BCUT2D eigenvalue weighted by Gasteiger charge is -1.89. The molecule has 0 spiro atoms. The number of H-pyrrole nitrogens is 2. The number of aromatic amines is 2. The van der Waals surface area contributed by atoms with Crippen LogP contribution in [-0.2, 0) is 6.61 Å². The first-order chi connectivity index (χ1) is 12.7. The van der Waals surface area contributed by atoms with E-state index in [9.17, 15) is 5.11 Å². The second-order valence-electron chi connectivity index (χ2n) is 6.36. The molecule has 0 saturated heterocycles. The van der Waals surface area contributed by atoms with E-state index in [0.717, 1.165) is 50.4 Å². The molecule has 0 amide bonds. The fourth-order valence-electron chi connectivity index (χ4n) is 3.21. The fourth-order valence-corrected chi connectivity index (χ4v) is 3.21. The number of aliphatic hydroxyl groups excluding tert-OH is 1. The van der Waals surface area contributed by atoms with Crippen LogP contribution in [0.3, 0.4) is 0 Å². The number of nitrogens with one attached hydrogen (secondary N) is 2. The third-order valence-corrected chi connectivity index (χ3v) is 4.42. The van der Waals surface area contributed by atoms with Crippen LogP contribution in [0.15, 0.2) is 42.5 Å². The van der Waals surface area contributed by atoms with Crippen LogP contribution in [0.1, 0.15) is 28.3 Å². The van der Waals surface area contributed by atoms with Crippen molar-refractivity contribution >= 4 is 46.4 Å². The van der Waals surface area contributed by atoms with Gasteiger partial charge in [-0.1, -0.05) is 0 Å². The van der Waals surface area contributed by atoms with Crippen LogP contribution in [0.4, 0.5) is 0 Å². The molecule has 5 heterocycles. The Kier molecular flexibility index (Phi) is 3.33. The minimum Gasteiger partial charge on any atom is -0.392 e. The second-order valence-corrected chi connectivity index (χ2v) is 6.36. The average Bonchev–Trinajstić information content (AvgIpc) is 3.39. The lowest BCUT2D eigenvalue weighted by molar-refractivity contribution is 0.283. The van der Waals surface area contributed by atoms with Crippen LogP contribution < -0.4 is 0 Å². The zero-order chi connectivity index (χ0) is 17.5. The van der Waals surface area contributed by atoms with Gasteiger partial charge in [-0.05, 0) is 66.8 Å². The smallest absolute Gasteiger partial charge is 0.0702 e. The Morgan fingerprint density at radius 2 is 1.27 bits per heavy atom. The van der Waals surface area contributed by atoms with Crippen LogP contribution >= 0.6 is 0 Å². The van der Waals surface area contributed by atoms with Crippen LogP contribution in [0.2, 0.25) is 0 Å². The topological polar surface area (TPSA) is 77.6 Å². The van der Waals surface area contributed by atoms with Gasteiger partial charge in [-0.3, -0.25) is 0 Å². The summed E-state index contributed by atoms with van der Waals surface area (Å²) in [5, 5.41) is 9.67. The summed E-state index contributed by atoms with van der Waals surface area (Å²) in [6.45, 7) is -0.0282. The maximum atomic E-state index is 9.67. The van der Waals surface area contributed by atoms with Crippen molar-refractivity contribution in [3.05, 3.63) is 70.8 Å². The number of nitrogens with zero attached hydrogens (tertiary/aromatic N) is 2. The molecule has 0 radical (unpaired) electrons. The molecule has 0 aromatic carbocycles. The van der Waals surface area contributed by atoms with Crippen LogP contribution in [-0.4, -0.2) is 25.0 Å². The highest BCUT2D eigenvalue weighted by Crippen LogP contribution is 2.19. The number of rotatable bonds is 1. The van der Waals surface area contributed by atoms with Gasteiger partial charge in [0.25, 0.3) is 0 Å². The zero-order valence-corrected chi connectivity index (χ0v) is 13.9. The van der Waals surface area contributed by atoms with E-state index in [-0.39, 0.29) is 6.61 Å². The van der Waals surface area contributed by atoms with Gasteiger partial charge in [0.05, 0.1) is 29.4 Å². The van der Waals surface area contributed by atoms with Gasteiger partial charge in [0.2, 0.25) is 0 Å². The van der Waals surface area contributed by atoms with Crippen molar-refractivity contribution in [1.29, 1.82) is 0 Å². The summed E-state index contributed by atoms with van der Waals surface area (Å²) in [6.07, 6.45) is 7.91. The standard InChI is InChI=1S/C21H16N4O/c26-12-13-7-20-10-18-4-3-16(23-18)8-14-1-2-15(22-14)9-17-5-6-19(24-17)11-21(13)25-20/h1-11,23,25-26H,12H2. The summed E-state index contributed by atoms with van der Waals surface area (Å²) in [6, 6.07) is 13.9. The molecular formula is C21H16N4O. The SMILES string of the molecule is OCc1cc2cc3ccc(cc4nc(cc5nc(cc1[nH]2)C=C5)C=C4)[nH]3. The van der Waals surface area contributed by atoms with E-state index in [4.69, 9.17) is 0 Å². The molecule has 0 unspecified atom stereocenters. The monoisotopic (exact) mass is 340 g/mol. The highest BCUT2D eigenvalue weighted by Gasteiger charge is 2.04. The molecule has 0 aliphatic carbocycles. The third kappa shape index (κ3) is 2.74. The zero-order valence-electron chi connectivity index (χ0n) is 13.9. The molecule has 126 valence electrons. The molecule has 26 heavy (non-hydrogen) atoms. The molecular weight excluding hydrogens is 324 g/mol. The highest BCUT2D eigenvalue weighted by atomic mass is 16.3. The van der Waals surface area contributed by atoms with Crippen molar-refractivity contribution in [2.75, 3.05) is 0 Å². The van der Waals surface area contributed by atoms with Crippen LogP contribution in [0.5, 0.6) is 0 Å². The molecule has 3 aromatic heterocycles. The molecule has 3 aromatic rings. The summed E-state index contributed by atoms with van der Waals surface area (Å²) in [7, 11) is 0. The summed E-state index contributed by atoms with van der Waals surface area (Å²) < 4.78 is 0. The molecule has 3 N–H and O–H groups in total. The molecule has 5 nitrogen and oxygen atoms in total. The Labute approximate surface area is 149 Å². The van der Waals surface area contributed by atoms with Gasteiger partial charge in [-0.25, -0.2) is 9.97 Å². The van der Waals surface area contributed by atoms with E-state index in [1.54, 1.807) is 0 Å². The molecule has 2 aliphatic rings. The van der Waals surface area contributed by atoms with E-state index < -0.39 is 0 Å². The molecule has 5 rings (SSSR count). The second kappa shape index (κ2) is 5.82. The molecule has 2 aliphatic heterocycles. The van der Waals surface area contributed by atoms with Crippen molar-refractivity contribution in [2.24, 2.45) is 0 Å². The van der Waals surface area contributed by atoms with E-state index in [2.05, 4.69) is 19.9 Å². The molecule has 0 saturated carbocycles. The number of aliphatic hydroxyl groups is 1. The predicted molar refractivity (Wildman–Crippen MR) is 105 cm³/mol. The Balaban J connectivity index is 1.86. The molecule has 0 fully saturated rings. The molecule has 0 atom stereocenters. The quantitative estimate of drug-likeness (QED) is 0.429. The first-order valence-corrected chi connectivity index (χ1v) is 8.43. The minimum absolute atomic E-state index is 0.0282. The predicted octanol–water partition coefficient (Wildman–Crippen LogP) is 4.15. The van der Waals surface area contributed by atoms with E-state index in [1.165, 1.54) is 0 Å². The maximum absolute atomic E-state index is 9.67. The maximum Gasteiger partial charge on any atom is 0.0702 e. The van der Waals surface area contributed by atoms with Gasteiger partial charge >= 0.3 is 0 Å². The summed E-state index contributed by atoms with van der Waals surface area (Å²) in [5.74, 6) is 0. The van der Waals surface area contributed by atoms with Gasteiger partial charge < -0.3 is 15.1 Å². The summed E-state index contributed by atoms with van der Waals surface area (Å²) in [4.78, 5) is 15.9. The number of aromatic nitrogens is 4. The Morgan fingerprint density at radius 3 is 1.96 bits per heavy atom. The third-order valence-electron chi connectivity index (χ3n) is 4.42. The Bertz CT molecular complexity index is 1230. The van der Waals surface area contributed by atoms with E-state index in [0.29, 0.717) is 0 Å². The average molecular weight is 340 g/mol. The lowest BCUT2D eigenvalue weighted by atomic mass is 10.2. The van der Waals surface area contributed by atoms with Gasteiger partial charge in [0.15, 0.2) is 0 Å². The Hall–Kier alpha value is -3.44. The van der Waals surface area contributed by atoms with E-state index in [1.807, 2.05) is 66.8 Å². The first-order valence-electron chi connectivity index (χ1n) is 8.43.